The van der Waals surface area contributed by atoms with E-state index in [9.17, 15) is 5.26 Å². The van der Waals surface area contributed by atoms with Crippen molar-refractivity contribution in [2.45, 2.75) is 52.5 Å². The average Bonchev–Trinajstić information content (AvgIpc) is 2.46. The minimum absolute atomic E-state index is 0.0768. The first kappa shape index (κ1) is 16.4. The van der Waals surface area contributed by atoms with E-state index >= 15 is 0 Å². The van der Waals surface area contributed by atoms with Gasteiger partial charge >= 0.3 is 0 Å². The van der Waals surface area contributed by atoms with Crippen LogP contribution in [0.1, 0.15) is 46.5 Å². The van der Waals surface area contributed by atoms with Gasteiger partial charge in [0.1, 0.15) is 6.04 Å². The molecule has 21 heavy (non-hydrogen) atoms. The first-order chi connectivity index (χ1) is 9.90. The molecular formula is C18H25BrN2. The standard InChI is InChI=1S/C18H25BrN2/c1-18(2,3)14-6-4-13(5-7-14)17(12-20)21-16-10-8-15(19)9-11-16/h8-11,13-14,17,21H,4-7H2,1-3H3. The number of halogens is 1. The largest absolute Gasteiger partial charge is 0.370 e. The van der Waals surface area contributed by atoms with Crippen LogP contribution in [0.4, 0.5) is 5.69 Å². The highest BCUT2D eigenvalue weighted by Gasteiger charge is 2.32. The van der Waals surface area contributed by atoms with Crippen LogP contribution in [0.5, 0.6) is 0 Å². The molecule has 1 saturated carbocycles. The Bertz CT molecular complexity index is 487. The highest BCUT2D eigenvalue weighted by atomic mass is 79.9. The van der Waals surface area contributed by atoms with Gasteiger partial charge in [-0.25, -0.2) is 0 Å². The summed E-state index contributed by atoms with van der Waals surface area (Å²) in [4.78, 5) is 0. The van der Waals surface area contributed by atoms with Crippen molar-refractivity contribution in [2.24, 2.45) is 17.3 Å². The van der Waals surface area contributed by atoms with Crippen LogP contribution in [0.15, 0.2) is 28.7 Å². The van der Waals surface area contributed by atoms with Crippen LogP contribution in [-0.4, -0.2) is 6.04 Å². The van der Waals surface area contributed by atoms with Crippen molar-refractivity contribution in [3.8, 4) is 6.07 Å². The Morgan fingerprint density at radius 2 is 1.71 bits per heavy atom. The normalized spacial score (nSPS) is 24.1. The second kappa shape index (κ2) is 6.83. The number of hydrogen-bond donors (Lipinski definition) is 1. The topological polar surface area (TPSA) is 35.8 Å². The summed E-state index contributed by atoms with van der Waals surface area (Å²) >= 11 is 3.44. The van der Waals surface area contributed by atoms with Crippen LogP contribution in [0.2, 0.25) is 0 Å². The van der Waals surface area contributed by atoms with Crippen molar-refractivity contribution in [3.05, 3.63) is 28.7 Å². The summed E-state index contributed by atoms with van der Waals surface area (Å²) in [7, 11) is 0. The quantitative estimate of drug-likeness (QED) is 0.770. The average molecular weight is 349 g/mol. The number of benzene rings is 1. The highest BCUT2D eigenvalue weighted by molar-refractivity contribution is 9.10. The molecule has 1 aliphatic carbocycles. The molecule has 0 bridgehead atoms. The molecule has 114 valence electrons. The van der Waals surface area contributed by atoms with Crippen molar-refractivity contribution in [2.75, 3.05) is 5.32 Å². The molecule has 1 aromatic carbocycles. The van der Waals surface area contributed by atoms with Crippen molar-refractivity contribution in [1.82, 2.24) is 0 Å². The van der Waals surface area contributed by atoms with E-state index in [0.29, 0.717) is 11.3 Å². The van der Waals surface area contributed by atoms with E-state index in [4.69, 9.17) is 0 Å². The molecule has 0 saturated heterocycles. The van der Waals surface area contributed by atoms with Crippen molar-refractivity contribution < 1.29 is 0 Å². The summed E-state index contributed by atoms with van der Waals surface area (Å²) < 4.78 is 1.06. The SMILES string of the molecule is CC(C)(C)C1CCC(C(C#N)Nc2ccc(Br)cc2)CC1. The molecule has 3 heteroatoms. The van der Waals surface area contributed by atoms with Crippen molar-refractivity contribution >= 4 is 21.6 Å². The van der Waals surface area contributed by atoms with E-state index in [2.05, 4.69) is 48.1 Å². The fraction of sp³-hybridized carbons (Fsp3) is 0.611. The Hall–Kier alpha value is -1.01. The van der Waals surface area contributed by atoms with Crippen LogP contribution in [0, 0.1) is 28.6 Å². The summed E-state index contributed by atoms with van der Waals surface area (Å²) in [5.41, 5.74) is 1.43. The maximum absolute atomic E-state index is 9.50. The van der Waals surface area contributed by atoms with E-state index in [0.717, 1.165) is 28.9 Å². The lowest BCUT2D eigenvalue weighted by Crippen LogP contribution is -2.34. The summed E-state index contributed by atoms with van der Waals surface area (Å²) in [6.07, 6.45) is 4.80. The van der Waals surface area contributed by atoms with Gasteiger partial charge in [-0.05, 0) is 67.2 Å². The van der Waals surface area contributed by atoms with Crippen LogP contribution < -0.4 is 5.32 Å². The molecule has 2 rings (SSSR count). The Labute approximate surface area is 137 Å². The van der Waals surface area contributed by atoms with Gasteiger partial charge in [0.05, 0.1) is 6.07 Å². The minimum Gasteiger partial charge on any atom is -0.370 e. The van der Waals surface area contributed by atoms with Gasteiger partial charge in [-0.2, -0.15) is 5.26 Å². The molecule has 1 atom stereocenters. The van der Waals surface area contributed by atoms with E-state index in [1.165, 1.54) is 12.8 Å². The second-order valence-corrected chi connectivity index (χ2v) is 8.15. The van der Waals surface area contributed by atoms with Gasteiger partial charge in [0, 0.05) is 10.2 Å². The highest BCUT2D eigenvalue weighted by Crippen LogP contribution is 2.41. The van der Waals surface area contributed by atoms with Gasteiger partial charge in [-0.15, -0.1) is 0 Å². The summed E-state index contributed by atoms with van der Waals surface area (Å²) in [6, 6.07) is 10.4. The smallest absolute Gasteiger partial charge is 0.117 e. The van der Waals surface area contributed by atoms with Gasteiger partial charge < -0.3 is 5.32 Å². The lowest BCUT2D eigenvalue weighted by molar-refractivity contribution is 0.148. The molecule has 2 nitrogen and oxygen atoms in total. The molecule has 0 aliphatic heterocycles. The zero-order chi connectivity index (χ0) is 15.5. The zero-order valence-corrected chi connectivity index (χ0v) is 14.8. The van der Waals surface area contributed by atoms with Gasteiger partial charge in [-0.1, -0.05) is 36.7 Å². The molecule has 1 aliphatic rings. The van der Waals surface area contributed by atoms with Crippen LogP contribution >= 0.6 is 15.9 Å². The molecule has 0 heterocycles. The van der Waals surface area contributed by atoms with Crippen LogP contribution in [0.3, 0.4) is 0 Å². The third-order valence-corrected chi connectivity index (χ3v) is 5.30. The van der Waals surface area contributed by atoms with E-state index in [1.807, 2.05) is 24.3 Å². The van der Waals surface area contributed by atoms with Gasteiger partial charge in [0.25, 0.3) is 0 Å². The fourth-order valence-electron chi connectivity index (χ4n) is 3.30. The molecule has 1 fully saturated rings. The van der Waals surface area contributed by atoms with E-state index < -0.39 is 0 Å². The first-order valence-corrected chi connectivity index (χ1v) is 8.61. The number of hydrogen-bond acceptors (Lipinski definition) is 2. The van der Waals surface area contributed by atoms with Gasteiger partial charge in [-0.3, -0.25) is 0 Å². The fourth-order valence-corrected chi connectivity index (χ4v) is 3.56. The van der Waals surface area contributed by atoms with Gasteiger partial charge in [0.15, 0.2) is 0 Å². The maximum Gasteiger partial charge on any atom is 0.117 e. The third-order valence-electron chi connectivity index (χ3n) is 4.77. The number of nitrogens with one attached hydrogen (secondary N) is 1. The molecule has 1 N–H and O–H groups in total. The Morgan fingerprint density at radius 3 is 2.19 bits per heavy atom. The molecule has 0 aromatic heterocycles. The lowest BCUT2D eigenvalue weighted by Gasteiger charge is -2.38. The van der Waals surface area contributed by atoms with E-state index in [1.54, 1.807) is 0 Å². The summed E-state index contributed by atoms with van der Waals surface area (Å²) in [5.74, 6) is 1.26. The number of nitrogens with zero attached hydrogens (tertiary/aromatic N) is 1. The molecule has 1 aromatic rings. The summed E-state index contributed by atoms with van der Waals surface area (Å²) in [6.45, 7) is 7.00. The molecule has 0 radical (unpaired) electrons. The molecular weight excluding hydrogens is 324 g/mol. The van der Waals surface area contributed by atoms with E-state index in [-0.39, 0.29) is 6.04 Å². The van der Waals surface area contributed by atoms with Crippen molar-refractivity contribution in [1.29, 1.82) is 5.26 Å². The monoisotopic (exact) mass is 348 g/mol. The first-order valence-electron chi connectivity index (χ1n) is 7.82. The lowest BCUT2D eigenvalue weighted by atomic mass is 9.68. The second-order valence-electron chi connectivity index (χ2n) is 7.24. The van der Waals surface area contributed by atoms with Gasteiger partial charge in [0.2, 0.25) is 0 Å². The maximum atomic E-state index is 9.50. The Morgan fingerprint density at radius 1 is 1.14 bits per heavy atom. The zero-order valence-electron chi connectivity index (χ0n) is 13.2. The Kier molecular flexibility index (Phi) is 5.32. The number of rotatable bonds is 3. The minimum atomic E-state index is -0.0768. The molecule has 1 unspecified atom stereocenters. The predicted octanol–water partition coefficient (Wildman–Crippen LogP) is 5.61. The van der Waals surface area contributed by atoms with Crippen LogP contribution in [0.25, 0.3) is 0 Å². The third kappa shape index (κ3) is 4.48. The van der Waals surface area contributed by atoms with Crippen LogP contribution in [-0.2, 0) is 0 Å². The van der Waals surface area contributed by atoms with Crippen molar-refractivity contribution in [3.63, 3.8) is 0 Å². The molecule has 0 amide bonds. The summed E-state index contributed by atoms with van der Waals surface area (Å²) in [5, 5.41) is 12.9. The number of nitriles is 1. The predicted molar refractivity (Wildman–Crippen MR) is 92.1 cm³/mol. The number of anilines is 1. The Balaban J connectivity index is 1.94. The molecule has 0 spiro atoms.